The van der Waals surface area contributed by atoms with Gasteiger partial charge in [0.1, 0.15) is 17.2 Å². The highest BCUT2D eigenvalue weighted by Gasteiger charge is 2.29. The summed E-state index contributed by atoms with van der Waals surface area (Å²) in [6.07, 6.45) is -6.14. The number of sulfonamides is 1. The molecule has 0 spiro atoms. The molecule has 0 saturated heterocycles. The van der Waals surface area contributed by atoms with Crippen molar-refractivity contribution in [3.8, 4) is 5.75 Å². The molecule has 25 heavy (non-hydrogen) atoms. The molecule has 1 atom stereocenters. The van der Waals surface area contributed by atoms with Gasteiger partial charge in [-0.2, -0.15) is 13.2 Å². The number of carbonyl (C=O) groups excluding carboxylic acids is 2. The molecular weight excluding hydrogens is 369 g/mol. The van der Waals surface area contributed by atoms with Crippen molar-refractivity contribution < 1.29 is 40.7 Å². The van der Waals surface area contributed by atoms with Gasteiger partial charge < -0.3 is 14.8 Å². The Hall–Kier alpha value is -2.34. The number of carbonyl (C=O) groups is 2. The quantitative estimate of drug-likeness (QED) is 0.691. The highest BCUT2D eigenvalue weighted by molar-refractivity contribution is 7.89. The van der Waals surface area contributed by atoms with E-state index in [0.717, 1.165) is 25.1 Å². The molecule has 8 nitrogen and oxygen atoms in total. The maximum absolute atomic E-state index is 12.0. The van der Waals surface area contributed by atoms with E-state index in [1.807, 2.05) is 0 Å². The molecule has 0 aliphatic carbocycles. The number of hydrogen-bond acceptors (Lipinski definition) is 6. The number of esters is 1. The van der Waals surface area contributed by atoms with E-state index in [0.29, 0.717) is 0 Å². The van der Waals surface area contributed by atoms with E-state index in [1.165, 1.54) is 7.11 Å². The first kappa shape index (κ1) is 20.7. The third-order valence-corrected chi connectivity index (χ3v) is 3.75. The van der Waals surface area contributed by atoms with Crippen molar-refractivity contribution in [2.24, 2.45) is 5.14 Å². The summed E-state index contributed by atoms with van der Waals surface area (Å²) in [5.41, 5.74) is -0.278. The lowest BCUT2D eigenvalue weighted by Crippen LogP contribution is -2.40. The second-order valence-corrected chi connectivity index (χ2v) is 6.32. The van der Waals surface area contributed by atoms with E-state index < -0.39 is 45.6 Å². The van der Waals surface area contributed by atoms with Gasteiger partial charge in [-0.25, -0.2) is 18.4 Å². The molecule has 1 aromatic rings. The van der Waals surface area contributed by atoms with Crippen LogP contribution < -0.4 is 15.2 Å². The molecule has 12 heteroatoms. The molecule has 0 aliphatic heterocycles. The Labute approximate surface area is 141 Å². The van der Waals surface area contributed by atoms with Gasteiger partial charge in [0.15, 0.2) is 6.10 Å². The molecule has 1 unspecified atom stereocenters. The fourth-order valence-electron chi connectivity index (χ4n) is 1.64. The third-order valence-electron chi connectivity index (χ3n) is 2.82. The van der Waals surface area contributed by atoms with Crippen LogP contribution in [0.15, 0.2) is 23.1 Å². The molecule has 0 heterocycles. The predicted molar refractivity (Wildman–Crippen MR) is 78.3 cm³/mol. The minimum atomic E-state index is -4.61. The highest BCUT2D eigenvalue weighted by Crippen LogP contribution is 2.24. The van der Waals surface area contributed by atoms with Gasteiger partial charge in [0.25, 0.3) is 5.91 Å². The standard InChI is InChI=1S/C13H15F3N2O6S/c1-7(11(19)18-6-13(14,15)16)24-12(20)8-3-4-9(23-2)10(5-8)25(17,21)22/h3-5,7H,6H2,1-2H3,(H,18,19)(H2,17,21,22). The molecule has 0 bridgehead atoms. The lowest BCUT2D eigenvalue weighted by atomic mass is 10.2. The molecule has 0 fully saturated rings. The lowest BCUT2D eigenvalue weighted by Gasteiger charge is -2.15. The number of halogens is 3. The first-order valence-electron chi connectivity index (χ1n) is 6.61. The summed E-state index contributed by atoms with van der Waals surface area (Å²) in [6.45, 7) is -0.514. The molecule has 3 N–H and O–H groups in total. The van der Waals surface area contributed by atoms with E-state index in [1.54, 1.807) is 5.32 Å². The van der Waals surface area contributed by atoms with Gasteiger partial charge in [-0.3, -0.25) is 4.79 Å². The highest BCUT2D eigenvalue weighted by atomic mass is 32.2. The van der Waals surface area contributed by atoms with Gasteiger partial charge in [-0.05, 0) is 25.1 Å². The number of methoxy groups -OCH3 is 1. The molecule has 0 radical (unpaired) electrons. The van der Waals surface area contributed by atoms with Crippen LogP contribution in [0.2, 0.25) is 0 Å². The average molecular weight is 384 g/mol. The molecule has 1 aromatic carbocycles. The van der Waals surface area contributed by atoms with Crippen molar-refractivity contribution in [3.63, 3.8) is 0 Å². The van der Waals surface area contributed by atoms with Crippen molar-refractivity contribution in [2.45, 2.75) is 24.1 Å². The summed E-state index contributed by atoms with van der Waals surface area (Å²) >= 11 is 0. The minimum Gasteiger partial charge on any atom is -0.495 e. The summed E-state index contributed by atoms with van der Waals surface area (Å²) in [5.74, 6) is -2.40. The van der Waals surface area contributed by atoms with Crippen LogP contribution in [0.3, 0.4) is 0 Å². The van der Waals surface area contributed by atoms with E-state index in [9.17, 15) is 31.2 Å². The zero-order valence-electron chi connectivity index (χ0n) is 13.1. The number of amides is 1. The molecule has 1 amide bonds. The van der Waals surface area contributed by atoms with E-state index in [4.69, 9.17) is 14.6 Å². The van der Waals surface area contributed by atoms with Gasteiger partial charge in [0, 0.05) is 0 Å². The Morgan fingerprint density at radius 1 is 1.32 bits per heavy atom. The largest absolute Gasteiger partial charge is 0.495 e. The predicted octanol–water partition coefficient (Wildman–Crippen LogP) is 0.566. The van der Waals surface area contributed by atoms with E-state index >= 15 is 0 Å². The first-order chi connectivity index (χ1) is 11.3. The van der Waals surface area contributed by atoms with Crippen LogP contribution in [0.1, 0.15) is 17.3 Å². The van der Waals surface area contributed by atoms with Crippen LogP contribution in [0.4, 0.5) is 13.2 Å². The van der Waals surface area contributed by atoms with Crippen LogP contribution in [0, 0.1) is 0 Å². The molecular formula is C13H15F3N2O6S. The van der Waals surface area contributed by atoms with Crippen LogP contribution in [-0.2, 0) is 19.6 Å². The maximum atomic E-state index is 12.0. The number of hydrogen-bond donors (Lipinski definition) is 2. The van der Waals surface area contributed by atoms with Crippen molar-refractivity contribution in [2.75, 3.05) is 13.7 Å². The Kier molecular flexibility index (Phi) is 6.37. The van der Waals surface area contributed by atoms with E-state index in [2.05, 4.69) is 0 Å². The van der Waals surface area contributed by atoms with Crippen molar-refractivity contribution >= 4 is 21.9 Å². The Bertz CT molecular complexity index is 764. The number of benzene rings is 1. The smallest absolute Gasteiger partial charge is 0.405 e. The normalized spacial score (nSPS) is 13.0. The molecule has 0 aliphatic rings. The molecule has 1 rings (SSSR count). The monoisotopic (exact) mass is 384 g/mol. The van der Waals surface area contributed by atoms with Crippen LogP contribution in [0.5, 0.6) is 5.75 Å². The second-order valence-electron chi connectivity index (χ2n) is 4.79. The topological polar surface area (TPSA) is 125 Å². The minimum absolute atomic E-state index is 0.116. The number of primary sulfonamides is 1. The molecule has 0 aromatic heterocycles. The zero-order chi connectivity index (χ0) is 19.4. The summed E-state index contributed by atoms with van der Waals surface area (Å²) in [4.78, 5) is 22.9. The number of ether oxygens (including phenoxy) is 2. The summed E-state index contributed by atoms with van der Waals surface area (Å²) in [5, 5.41) is 6.56. The lowest BCUT2D eigenvalue weighted by molar-refractivity contribution is -0.143. The summed E-state index contributed by atoms with van der Waals surface area (Å²) < 4.78 is 68.6. The number of alkyl halides is 3. The average Bonchev–Trinajstić information content (AvgIpc) is 2.50. The summed E-state index contributed by atoms with van der Waals surface area (Å²) in [6, 6.07) is 3.16. The SMILES string of the molecule is COc1ccc(C(=O)OC(C)C(=O)NCC(F)(F)F)cc1S(N)(=O)=O. The fraction of sp³-hybridized carbons (Fsp3) is 0.385. The summed E-state index contributed by atoms with van der Waals surface area (Å²) in [7, 11) is -3.02. The van der Waals surface area contributed by atoms with Gasteiger partial charge in [0.05, 0.1) is 12.7 Å². The maximum Gasteiger partial charge on any atom is 0.405 e. The van der Waals surface area contributed by atoms with Gasteiger partial charge in [-0.1, -0.05) is 0 Å². The Morgan fingerprint density at radius 3 is 2.40 bits per heavy atom. The second kappa shape index (κ2) is 7.70. The Morgan fingerprint density at radius 2 is 1.92 bits per heavy atom. The number of nitrogens with one attached hydrogen (secondary N) is 1. The zero-order valence-corrected chi connectivity index (χ0v) is 13.9. The van der Waals surface area contributed by atoms with Crippen molar-refractivity contribution in [1.29, 1.82) is 0 Å². The van der Waals surface area contributed by atoms with Crippen molar-refractivity contribution in [1.82, 2.24) is 5.32 Å². The van der Waals surface area contributed by atoms with Crippen LogP contribution >= 0.6 is 0 Å². The molecule has 0 saturated carbocycles. The van der Waals surface area contributed by atoms with Gasteiger partial charge >= 0.3 is 12.1 Å². The van der Waals surface area contributed by atoms with Crippen LogP contribution in [0.25, 0.3) is 0 Å². The number of nitrogens with two attached hydrogens (primary N) is 1. The molecule has 140 valence electrons. The van der Waals surface area contributed by atoms with Gasteiger partial charge in [0.2, 0.25) is 10.0 Å². The van der Waals surface area contributed by atoms with Crippen molar-refractivity contribution in [3.05, 3.63) is 23.8 Å². The van der Waals surface area contributed by atoms with Crippen LogP contribution in [-0.4, -0.2) is 46.2 Å². The third kappa shape index (κ3) is 6.23. The Balaban J connectivity index is 2.89. The van der Waals surface area contributed by atoms with Gasteiger partial charge in [-0.15, -0.1) is 0 Å². The van der Waals surface area contributed by atoms with E-state index in [-0.39, 0.29) is 11.3 Å². The number of rotatable bonds is 6. The fourth-order valence-corrected chi connectivity index (χ4v) is 2.36. The first-order valence-corrected chi connectivity index (χ1v) is 8.16.